The van der Waals surface area contributed by atoms with Crippen LogP contribution in [0.25, 0.3) is 0 Å². The first-order valence-corrected chi connectivity index (χ1v) is 5.97. The number of rotatable bonds is 3. The fourth-order valence-electron chi connectivity index (χ4n) is 1.64. The molecule has 0 aromatic heterocycles. The molecular weight excluding hydrogens is 220 g/mol. The van der Waals surface area contributed by atoms with Crippen LogP contribution in [0.15, 0.2) is 4.99 Å². The van der Waals surface area contributed by atoms with Crippen LogP contribution in [0.5, 0.6) is 0 Å². The minimum absolute atomic E-state index is 0.00167. The van der Waals surface area contributed by atoms with Crippen molar-refractivity contribution in [2.45, 2.75) is 32.9 Å². The van der Waals surface area contributed by atoms with E-state index in [1.807, 2.05) is 13.8 Å². The Kier molecular flexibility index (Phi) is 5.21. The fourth-order valence-corrected chi connectivity index (χ4v) is 1.64. The lowest BCUT2D eigenvalue weighted by Crippen LogP contribution is -2.45. The monoisotopic (exact) mass is 242 g/mol. The quantitative estimate of drug-likeness (QED) is 0.519. The molecule has 3 N–H and O–H groups in total. The maximum Gasteiger partial charge on any atom is 0.247 e. The first-order chi connectivity index (χ1) is 8.00. The Balaban J connectivity index is 2.50. The van der Waals surface area contributed by atoms with E-state index in [1.165, 1.54) is 0 Å². The van der Waals surface area contributed by atoms with Gasteiger partial charge in [0.05, 0.1) is 13.2 Å². The molecule has 0 saturated carbocycles. The molecule has 98 valence electrons. The fraction of sp³-hybridized carbons (Fsp3) is 0.818. The van der Waals surface area contributed by atoms with Gasteiger partial charge in [0.15, 0.2) is 5.96 Å². The third kappa shape index (κ3) is 4.60. The van der Waals surface area contributed by atoms with Gasteiger partial charge in [-0.25, -0.2) is 4.99 Å². The Labute approximate surface area is 102 Å². The predicted octanol–water partition coefficient (Wildman–Crippen LogP) is -0.454. The van der Waals surface area contributed by atoms with Crippen molar-refractivity contribution in [3.05, 3.63) is 0 Å². The zero-order valence-electron chi connectivity index (χ0n) is 10.8. The van der Waals surface area contributed by atoms with E-state index in [4.69, 9.17) is 10.5 Å². The summed E-state index contributed by atoms with van der Waals surface area (Å²) < 4.78 is 5.20. The molecule has 1 atom stereocenters. The highest BCUT2D eigenvalue weighted by molar-refractivity contribution is 5.86. The molecule has 1 aliphatic rings. The number of morpholine rings is 1. The SMILES string of the molecule is CC(C)NC(N)=NC(C)C(=O)N1CCOCC1. The van der Waals surface area contributed by atoms with Crippen molar-refractivity contribution in [1.29, 1.82) is 0 Å². The molecule has 6 nitrogen and oxygen atoms in total. The van der Waals surface area contributed by atoms with Crippen LogP contribution in [0.1, 0.15) is 20.8 Å². The molecular formula is C11H22N4O2. The number of nitrogens with two attached hydrogens (primary N) is 1. The topological polar surface area (TPSA) is 79.9 Å². The lowest BCUT2D eigenvalue weighted by Gasteiger charge is -2.28. The van der Waals surface area contributed by atoms with Gasteiger partial charge in [-0.2, -0.15) is 0 Å². The predicted molar refractivity (Wildman–Crippen MR) is 66.8 cm³/mol. The number of hydrogen-bond donors (Lipinski definition) is 2. The third-order valence-corrected chi connectivity index (χ3v) is 2.45. The van der Waals surface area contributed by atoms with Gasteiger partial charge in [-0.15, -0.1) is 0 Å². The van der Waals surface area contributed by atoms with E-state index >= 15 is 0 Å². The van der Waals surface area contributed by atoms with Crippen LogP contribution in [-0.2, 0) is 9.53 Å². The molecule has 0 radical (unpaired) electrons. The summed E-state index contributed by atoms with van der Waals surface area (Å²) in [5, 5.41) is 2.96. The summed E-state index contributed by atoms with van der Waals surface area (Å²) >= 11 is 0. The molecule has 0 aromatic rings. The lowest BCUT2D eigenvalue weighted by atomic mass is 10.3. The average Bonchev–Trinajstić information content (AvgIpc) is 2.28. The Hall–Kier alpha value is -1.30. The summed E-state index contributed by atoms with van der Waals surface area (Å²) in [5.41, 5.74) is 5.69. The number of aliphatic imine (C=N–C) groups is 1. The standard InChI is InChI=1S/C11H22N4O2/c1-8(2)13-11(12)14-9(3)10(16)15-4-6-17-7-5-15/h8-9H,4-7H2,1-3H3,(H3,12,13,14). The van der Waals surface area contributed by atoms with Gasteiger partial charge >= 0.3 is 0 Å². The van der Waals surface area contributed by atoms with Gasteiger partial charge < -0.3 is 20.7 Å². The minimum atomic E-state index is -0.445. The van der Waals surface area contributed by atoms with E-state index in [1.54, 1.807) is 11.8 Å². The van der Waals surface area contributed by atoms with Crippen molar-refractivity contribution in [3.63, 3.8) is 0 Å². The summed E-state index contributed by atoms with van der Waals surface area (Å²) in [6.07, 6.45) is 0. The summed E-state index contributed by atoms with van der Waals surface area (Å²) in [5.74, 6) is 0.316. The normalized spacial score (nSPS) is 19.3. The van der Waals surface area contributed by atoms with E-state index in [0.717, 1.165) is 0 Å². The van der Waals surface area contributed by atoms with Gasteiger partial charge in [0.1, 0.15) is 6.04 Å². The second-order valence-electron chi connectivity index (χ2n) is 4.43. The van der Waals surface area contributed by atoms with Crippen LogP contribution in [0.4, 0.5) is 0 Å². The molecule has 1 amide bonds. The van der Waals surface area contributed by atoms with Gasteiger partial charge in [-0.1, -0.05) is 0 Å². The number of carbonyl (C=O) groups excluding carboxylic acids is 1. The number of nitrogens with zero attached hydrogens (tertiary/aromatic N) is 2. The highest BCUT2D eigenvalue weighted by atomic mass is 16.5. The maximum absolute atomic E-state index is 12.0. The molecule has 1 heterocycles. The van der Waals surface area contributed by atoms with Crippen LogP contribution in [0.2, 0.25) is 0 Å². The first-order valence-electron chi connectivity index (χ1n) is 5.97. The molecule has 1 saturated heterocycles. The van der Waals surface area contributed by atoms with E-state index in [0.29, 0.717) is 32.3 Å². The Bertz CT molecular complexity index is 285. The highest BCUT2D eigenvalue weighted by Crippen LogP contribution is 2.02. The number of hydrogen-bond acceptors (Lipinski definition) is 3. The van der Waals surface area contributed by atoms with E-state index < -0.39 is 6.04 Å². The average molecular weight is 242 g/mol. The first kappa shape index (κ1) is 13.8. The molecule has 1 unspecified atom stereocenters. The summed E-state index contributed by atoms with van der Waals surface area (Å²) in [6, 6.07) is -0.233. The van der Waals surface area contributed by atoms with Crippen LogP contribution >= 0.6 is 0 Å². The molecule has 6 heteroatoms. The van der Waals surface area contributed by atoms with Crippen LogP contribution in [-0.4, -0.2) is 55.2 Å². The summed E-state index contributed by atoms with van der Waals surface area (Å²) in [6.45, 7) is 8.16. The van der Waals surface area contributed by atoms with Gasteiger partial charge in [-0.3, -0.25) is 4.79 Å². The van der Waals surface area contributed by atoms with Crippen LogP contribution < -0.4 is 11.1 Å². The molecule has 0 bridgehead atoms. The van der Waals surface area contributed by atoms with Crippen molar-refractivity contribution in [2.24, 2.45) is 10.7 Å². The number of ether oxygens (including phenoxy) is 1. The van der Waals surface area contributed by atoms with Crippen molar-refractivity contribution >= 4 is 11.9 Å². The smallest absolute Gasteiger partial charge is 0.247 e. The second-order valence-corrected chi connectivity index (χ2v) is 4.43. The van der Waals surface area contributed by atoms with Crippen molar-refractivity contribution < 1.29 is 9.53 Å². The Morgan fingerprint density at radius 2 is 1.94 bits per heavy atom. The molecule has 0 aliphatic carbocycles. The second kappa shape index (κ2) is 6.44. The number of guanidine groups is 1. The van der Waals surface area contributed by atoms with Crippen molar-refractivity contribution in [2.75, 3.05) is 26.3 Å². The van der Waals surface area contributed by atoms with Gasteiger partial charge in [0.2, 0.25) is 5.91 Å². The zero-order chi connectivity index (χ0) is 12.8. The molecule has 17 heavy (non-hydrogen) atoms. The van der Waals surface area contributed by atoms with Crippen molar-refractivity contribution in [1.82, 2.24) is 10.2 Å². The number of nitrogens with one attached hydrogen (secondary N) is 1. The molecule has 1 rings (SSSR count). The molecule has 1 fully saturated rings. The number of amides is 1. The molecule has 0 aromatic carbocycles. The Morgan fingerprint density at radius 1 is 1.35 bits per heavy atom. The largest absolute Gasteiger partial charge is 0.378 e. The van der Waals surface area contributed by atoms with Gasteiger partial charge in [-0.05, 0) is 20.8 Å². The summed E-state index contributed by atoms with van der Waals surface area (Å²) in [7, 11) is 0. The van der Waals surface area contributed by atoms with Crippen LogP contribution in [0, 0.1) is 0 Å². The lowest BCUT2D eigenvalue weighted by molar-refractivity contribution is -0.136. The maximum atomic E-state index is 12.0. The minimum Gasteiger partial charge on any atom is -0.378 e. The van der Waals surface area contributed by atoms with E-state index in [2.05, 4.69) is 10.3 Å². The van der Waals surface area contributed by atoms with Crippen molar-refractivity contribution in [3.8, 4) is 0 Å². The number of carbonyl (C=O) groups is 1. The highest BCUT2D eigenvalue weighted by Gasteiger charge is 2.22. The molecule has 0 spiro atoms. The van der Waals surface area contributed by atoms with Gasteiger partial charge in [0, 0.05) is 19.1 Å². The summed E-state index contributed by atoms with van der Waals surface area (Å²) in [4.78, 5) is 17.9. The van der Waals surface area contributed by atoms with Crippen LogP contribution in [0.3, 0.4) is 0 Å². The molecule has 1 aliphatic heterocycles. The Morgan fingerprint density at radius 3 is 2.47 bits per heavy atom. The zero-order valence-corrected chi connectivity index (χ0v) is 10.8. The third-order valence-electron chi connectivity index (χ3n) is 2.45. The van der Waals surface area contributed by atoms with Gasteiger partial charge in [0.25, 0.3) is 0 Å². The van der Waals surface area contributed by atoms with E-state index in [-0.39, 0.29) is 11.9 Å². The van der Waals surface area contributed by atoms with E-state index in [9.17, 15) is 4.79 Å².